The Hall–Kier alpha value is -1.85. The first-order valence-electron chi connectivity index (χ1n) is 7.31. The molecule has 6 heteroatoms. The van der Waals surface area contributed by atoms with Crippen LogP contribution in [0.1, 0.15) is 42.0 Å². The van der Waals surface area contributed by atoms with Crippen LogP contribution in [0.25, 0.3) is 11.3 Å². The van der Waals surface area contributed by atoms with Gasteiger partial charge in [-0.15, -0.1) is 0 Å². The minimum atomic E-state index is -0.849. The maximum atomic E-state index is 12.5. The van der Waals surface area contributed by atoms with Gasteiger partial charge in [0.05, 0.1) is 11.7 Å². The van der Waals surface area contributed by atoms with Crippen molar-refractivity contribution >= 4 is 17.5 Å². The van der Waals surface area contributed by atoms with Gasteiger partial charge in [0.15, 0.2) is 0 Å². The second-order valence-electron chi connectivity index (χ2n) is 5.46. The number of amides is 1. The molecule has 0 aliphatic carbocycles. The predicted molar refractivity (Wildman–Crippen MR) is 82.7 cm³/mol. The molecule has 1 N–H and O–H groups in total. The smallest absolute Gasteiger partial charge is 0.292 e. The number of likely N-dealkylation sites (tertiary alicyclic amines) is 1. The molecule has 1 aromatic carbocycles. The van der Waals surface area contributed by atoms with Crippen molar-refractivity contribution in [1.29, 1.82) is 0 Å². The van der Waals surface area contributed by atoms with Gasteiger partial charge in [0.25, 0.3) is 5.91 Å². The molecule has 0 unspecified atom stereocenters. The number of nitrogens with zero attached hydrogens (tertiary/aromatic N) is 2. The second kappa shape index (κ2) is 6.10. The summed E-state index contributed by atoms with van der Waals surface area (Å²) in [7, 11) is 0. The minimum absolute atomic E-state index is 0.127. The molecular weight excluding hydrogens is 304 g/mol. The van der Waals surface area contributed by atoms with Gasteiger partial charge in [0.2, 0.25) is 5.76 Å². The molecule has 0 saturated carbocycles. The average molecular weight is 321 g/mol. The summed E-state index contributed by atoms with van der Waals surface area (Å²) < 4.78 is 5.28. The fourth-order valence-electron chi connectivity index (χ4n) is 2.72. The van der Waals surface area contributed by atoms with Crippen molar-refractivity contribution in [2.75, 3.05) is 13.1 Å². The van der Waals surface area contributed by atoms with Gasteiger partial charge < -0.3 is 14.5 Å². The number of hydrogen-bond donors (Lipinski definition) is 1. The molecule has 1 aromatic heterocycles. The van der Waals surface area contributed by atoms with Gasteiger partial charge in [0.1, 0.15) is 5.69 Å². The summed E-state index contributed by atoms with van der Waals surface area (Å²) in [5.74, 6) is -0.0806. The number of aromatic nitrogens is 1. The summed E-state index contributed by atoms with van der Waals surface area (Å²) in [6.07, 6.45) is 1.14. The molecular formula is C16H17ClN2O3. The molecule has 1 aliphatic rings. The van der Waals surface area contributed by atoms with Crippen LogP contribution in [0.2, 0.25) is 5.02 Å². The molecule has 3 rings (SSSR count). The summed E-state index contributed by atoms with van der Waals surface area (Å²) >= 11 is 5.89. The fraction of sp³-hybridized carbons (Fsp3) is 0.375. The topological polar surface area (TPSA) is 66.6 Å². The highest BCUT2D eigenvalue weighted by atomic mass is 35.5. The van der Waals surface area contributed by atoms with Crippen LogP contribution in [0.3, 0.4) is 0 Å². The Balaban J connectivity index is 2.01. The first-order valence-corrected chi connectivity index (χ1v) is 7.68. The Kier molecular flexibility index (Phi) is 4.18. The maximum Gasteiger partial charge on any atom is 0.292 e. The van der Waals surface area contributed by atoms with Gasteiger partial charge in [-0.3, -0.25) is 4.79 Å². The Morgan fingerprint density at radius 1 is 1.32 bits per heavy atom. The van der Waals surface area contributed by atoms with Crippen LogP contribution < -0.4 is 0 Å². The van der Waals surface area contributed by atoms with E-state index in [-0.39, 0.29) is 11.7 Å². The first-order chi connectivity index (χ1) is 10.6. The number of carbonyl (C=O) groups excluding carboxylic acids is 1. The van der Waals surface area contributed by atoms with E-state index in [9.17, 15) is 9.90 Å². The summed E-state index contributed by atoms with van der Waals surface area (Å²) in [4.78, 5) is 14.3. The van der Waals surface area contributed by atoms with Crippen LogP contribution in [0.5, 0.6) is 0 Å². The lowest BCUT2D eigenvalue weighted by molar-refractivity contribution is 0.0743. The quantitative estimate of drug-likeness (QED) is 0.942. The summed E-state index contributed by atoms with van der Waals surface area (Å²) in [5, 5.41) is 14.7. The van der Waals surface area contributed by atoms with Crippen LogP contribution >= 0.6 is 11.6 Å². The van der Waals surface area contributed by atoms with Gasteiger partial charge in [0, 0.05) is 23.7 Å². The molecule has 116 valence electrons. The lowest BCUT2D eigenvalue weighted by Gasteiger charge is -2.14. The summed E-state index contributed by atoms with van der Waals surface area (Å²) in [5.41, 5.74) is 1.66. The van der Waals surface area contributed by atoms with Crippen LogP contribution in [0.15, 0.2) is 28.8 Å². The Morgan fingerprint density at radius 3 is 2.55 bits per heavy atom. The van der Waals surface area contributed by atoms with E-state index in [2.05, 4.69) is 5.16 Å². The SMILES string of the molecule is C[C@H](O)c1c(-c2ccc(Cl)cc2)noc1C(=O)N1CCCC1. The van der Waals surface area contributed by atoms with E-state index < -0.39 is 6.10 Å². The molecule has 0 bridgehead atoms. The highest BCUT2D eigenvalue weighted by Gasteiger charge is 2.30. The molecule has 2 aromatic rings. The van der Waals surface area contributed by atoms with Crippen LogP contribution in [-0.2, 0) is 0 Å². The number of carbonyl (C=O) groups is 1. The van der Waals surface area contributed by atoms with E-state index in [0.29, 0.717) is 16.3 Å². The van der Waals surface area contributed by atoms with E-state index in [4.69, 9.17) is 16.1 Å². The standard InChI is InChI=1S/C16H17ClN2O3/c1-10(20)13-14(11-4-6-12(17)7-5-11)18-22-15(13)16(21)19-8-2-3-9-19/h4-7,10,20H,2-3,8-9H2,1H3/t10-/m0/s1. The number of aliphatic hydroxyl groups is 1. The van der Waals surface area contributed by atoms with Crippen molar-refractivity contribution in [3.8, 4) is 11.3 Å². The van der Waals surface area contributed by atoms with Crippen LogP contribution in [0, 0.1) is 0 Å². The van der Waals surface area contributed by atoms with Crippen LogP contribution in [-0.4, -0.2) is 34.2 Å². The zero-order valence-corrected chi connectivity index (χ0v) is 13.0. The van der Waals surface area contributed by atoms with Gasteiger partial charge in [-0.1, -0.05) is 28.9 Å². The van der Waals surface area contributed by atoms with Crippen molar-refractivity contribution in [1.82, 2.24) is 10.1 Å². The number of hydrogen-bond acceptors (Lipinski definition) is 4. The molecule has 1 aliphatic heterocycles. The highest BCUT2D eigenvalue weighted by Crippen LogP contribution is 2.32. The lowest BCUT2D eigenvalue weighted by Crippen LogP contribution is -2.28. The predicted octanol–water partition coefficient (Wildman–Crippen LogP) is 3.28. The van der Waals surface area contributed by atoms with E-state index in [1.165, 1.54) is 0 Å². The molecule has 5 nitrogen and oxygen atoms in total. The van der Waals surface area contributed by atoms with Gasteiger partial charge >= 0.3 is 0 Å². The monoisotopic (exact) mass is 320 g/mol. The number of halogens is 1. The third-order valence-electron chi connectivity index (χ3n) is 3.85. The molecule has 0 radical (unpaired) electrons. The van der Waals surface area contributed by atoms with Gasteiger partial charge in [-0.2, -0.15) is 0 Å². The third-order valence-corrected chi connectivity index (χ3v) is 4.10. The molecule has 1 atom stereocenters. The normalized spacial score (nSPS) is 16.0. The second-order valence-corrected chi connectivity index (χ2v) is 5.89. The van der Waals surface area contributed by atoms with Crippen molar-refractivity contribution in [3.63, 3.8) is 0 Å². The highest BCUT2D eigenvalue weighted by molar-refractivity contribution is 6.30. The molecule has 1 saturated heterocycles. The number of rotatable bonds is 3. The fourth-order valence-corrected chi connectivity index (χ4v) is 2.84. The summed E-state index contributed by atoms with van der Waals surface area (Å²) in [6, 6.07) is 7.05. The average Bonchev–Trinajstić information content (AvgIpc) is 3.17. The summed E-state index contributed by atoms with van der Waals surface area (Å²) in [6.45, 7) is 3.04. The van der Waals surface area contributed by atoms with E-state index in [0.717, 1.165) is 31.5 Å². The van der Waals surface area contributed by atoms with Crippen molar-refractivity contribution in [3.05, 3.63) is 40.6 Å². The zero-order valence-electron chi connectivity index (χ0n) is 12.3. The van der Waals surface area contributed by atoms with E-state index in [1.54, 1.807) is 36.1 Å². The molecule has 0 spiro atoms. The minimum Gasteiger partial charge on any atom is -0.388 e. The molecule has 22 heavy (non-hydrogen) atoms. The van der Waals surface area contributed by atoms with Gasteiger partial charge in [-0.05, 0) is 31.9 Å². The first kappa shape index (κ1) is 15.1. The Bertz CT molecular complexity index is 673. The van der Waals surface area contributed by atoms with Gasteiger partial charge in [-0.25, -0.2) is 0 Å². The van der Waals surface area contributed by atoms with Crippen molar-refractivity contribution < 1.29 is 14.4 Å². The molecule has 2 heterocycles. The lowest BCUT2D eigenvalue weighted by atomic mass is 10.0. The zero-order chi connectivity index (χ0) is 15.7. The molecule has 1 fully saturated rings. The molecule has 1 amide bonds. The van der Waals surface area contributed by atoms with Crippen molar-refractivity contribution in [2.45, 2.75) is 25.9 Å². The van der Waals surface area contributed by atoms with E-state index >= 15 is 0 Å². The van der Waals surface area contributed by atoms with E-state index in [1.807, 2.05) is 0 Å². The number of benzene rings is 1. The Labute approximate surface area is 133 Å². The van der Waals surface area contributed by atoms with Crippen molar-refractivity contribution in [2.24, 2.45) is 0 Å². The number of aliphatic hydroxyl groups excluding tert-OH is 1. The maximum absolute atomic E-state index is 12.5. The third kappa shape index (κ3) is 2.74. The largest absolute Gasteiger partial charge is 0.388 e. The van der Waals surface area contributed by atoms with Crippen LogP contribution in [0.4, 0.5) is 0 Å². The Morgan fingerprint density at radius 2 is 1.95 bits per heavy atom.